The van der Waals surface area contributed by atoms with E-state index < -0.39 is 0 Å². The third-order valence-electron chi connectivity index (χ3n) is 5.03. The van der Waals surface area contributed by atoms with Gasteiger partial charge in [-0.1, -0.05) is 6.92 Å². The first-order valence-corrected chi connectivity index (χ1v) is 10.0. The van der Waals surface area contributed by atoms with Crippen molar-refractivity contribution in [2.24, 2.45) is 5.92 Å². The lowest BCUT2D eigenvalue weighted by atomic mass is 9.95. The van der Waals surface area contributed by atoms with E-state index >= 15 is 0 Å². The number of hydrogen-bond donors (Lipinski definition) is 1. The van der Waals surface area contributed by atoms with Gasteiger partial charge in [0.15, 0.2) is 0 Å². The third kappa shape index (κ3) is 4.39. The van der Waals surface area contributed by atoms with Gasteiger partial charge < -0.3 is 15.0 Å². The Morgan fingerprint density at radius 1 is 1.32 bits per heavy atom. The maximum Gasteiger partial charge on any atom is 0.251 e. The number of amides is 2. The number of carbonyl (C=O) groups excluding carboxylic acids is 2. The Kier molecular flexibility index (Phi) is 6.06. The van der Waals surface area contributed by atoms with Gasteiger partial charge in [0, 0.05) is 30.5 Å². The molecule has 3 rings (SSSR count). The molecule has 7 heteroatoms. The minimum atomic E-state index is -0.257. The number of piperidine rings is 1. The van der Waals surface area contributed by atoms with Crippen LogP contribution in [0.25, 0.3) is 0 Å². The van der Waals surface area contributed by atoms with Crippen molar-refractivity contribution in [3.63, 3.8) is 0 Å². The van der Waals surface area contributed by atoms with Crippen molar-refractivity contribution in [3.05, 3.63) is 15.6 Å². The summed E-state index contributed by atoms with van der Waals surface area (Å²) in [7, 11) is 0. The minimum Gasteiger partial charge on any atom is -0.368 e. The summed E-state index contributed by atoms with van der Waals surface area (Å²) >= 11 is 1.65. The van der Waals surface area contributed by atoms with Crippen LogP contribution in [0, 0.1) is 12.8 Å². The molecule has 0 radical (unpaired) electrons. The van der Waals surface area contributed by atoms with Gasteiger partial charge in [0.1, 0.15) is 6.10 Å². The molecule has 2 saturated heterocycles. The van der Waals surface area contributed by atoms with Crippen LogP contribution in [0.3, 0.4) is 0 Å². The van der Waals surface area contributed by atoms with Gasteiger partial charge in [-0.3, -0.25) is 9.59 Å². The number of rotatable bonds is 5. The van der Waals surface area contributed by atoms with E-state index in [0.717, 1.165) is 47.7 Å². The molecule has 2 aliphatic heterocycles. The topological polar surface area (TPSA) is 71.5 Å². The van der Waals surface area contributed by atoms with E-state index in [1.165, 1.54) is 0 Å². The number of aryl methyl sites for hydroxylation is 2. The van der Waals surface area contributed by atoms with Crippen molar-refractivity contribution in [2.75, 3.05) is 19.7 Å². The first kappa shape index (κ1) is 18.3. The van der Waals surface area contributed by atoms with Gasteiger partial charge in [-0.05, 0) is 39.0 Å². The molecule has 1 aromatic rings. The zero-order chi connectivity index (χ0) is 17.8. The lowest BCUT2D eigenvalue weighted by Gasteiger charge is -2.32. The van der Waals surface area contributed by atoms with E-state index in [4.69, 9.17) is 4.74 Å². The summed E-state index contributed by atoms with van der Waals surface area (Å²) in [5, 5.41) is 4.10. The predicted molar refractivity (Wildman–Crippen MR) is 96.4 cm³/mol. The Hall–Kier alpha value is -1.47. The number of likely N-dealkylation sites (tertiary alicyclic amines) is 1. The molecule has 25 heavy (non-hydrogen) atoms. The molecule has 2 fully saturated rings. The van der Waals surface area contributed by atoms with E-state index in [2.05, 4.69) is 17.2 Å². The van der Waals surface area contributed by atoms with Gasteiger partial charge in [0.2, 0.25) is 5.91 Å². The van der Waals surface area contributed by atoms with Crippen molar-refractivity contribution in [1.82, 2.24) is 15.2 Å². The second kappa shape index (κ2) is 8.27. The summed E-state index contributed by atoms with van der Waals surface area (Å²) in [5.41, 5.74) is 1.08. The average Bonchev–Trinajstić information content (AvgIpc) is 3.28. The van der Waals surface area contributed by atoms with Crippen LogP contribution in [0.5, 0.6) is 0 Å². The molecule has 0 spiro atoms. The van der Waals surface area contributed by atoms with E-state index in [9.17, 15) is 9.59 Å². The molecule has 2 aliphatic rings. The highest BCUT2D eigenvalue weighted by atomic mass is 32.1. The zero-order valence-corrected chi connectivity index (χ0v) is 15.9. The molecule has 1 atom stereocenters. The maximum atomic E-state index is 12.5. The second-order valence-electron chi connectivity index (χ2n) is 6.78. The van der Waals surface area contributed by atoms with E-state index in [0.29, 0.717) is 26.2 Å². The molecule has 3 heterocycles. The summed E-state index contributed by atoms with van der Waals surface area (Å²) in [6, 6.07) is 0. The zero-order valence-electron chi connectivity index (χ0n) is 15.0. The summed E-state index contributed by atoms with van der Waals surface area (Å²) in [6.07, 6.45) is 3.88. The van der Waals surface area contributed by atoms with Crippen LogP contribution in [0.15, 0.2) is 0 Å². The molecule has 0 aromatic carbocycles. The Labute approximate surface area is 153 Å². The van der Waals surface area contributed by atoms with Gasteiger partial charge in [-0.25, -0.2) is 4.98 Å². The predicted octanol–water partition coefficient (Wildman–Crippen LogP) is 2.05. The smallest absolute Gasteiger partial charge is 0.251 e. The number of nitrogens with one attached hydrogen (secondary N) is 1. The second-order valence-corrected chi connectivity index (χ2v) is 8.06. The monoisotopic (exact) mass is 365 g/mol. The molecular weight excluding hydrogens is 338 g/mol. The summed E-state index contributed by atoms with van der Waals surface area (Å²) in [4.78, 5) is 32.3. The minimum absolute atomic E-state index is 0.00681. The SMILES string of the molecule is CCc1nc(C)sc1CNC(=O)C1CCN(C(=O)[C@@H]2CCCO2)CC1. The number of thiazole rings is 1. The fourth-order valence-corrected chi connectivity index (χ4v) is 4.54. The van der Waals surface area contributed by atoms with Gasteiger partial charge in [-0.15, -0.1) is 11.3 Å². The highest BCUT2D eigenvalue weighted by molar-refractivity contribution is 7.11. The summed E-state index contributed by atoms with van der Waals surface area (Å²) in [5.74, 6) is 0.189. The van der Waals surface area contributed by atoms with Gasteiger partial charge in [0.25, 0.3) is 5.91 Å². The maximum absolute atomic E-state index is 12.5. The first-order chi connectivity index (χ1) is 12.1. The highest BCUT2D eigenvalue weighted by Gasteiger charge is 2.32. The fraction of sp³-hybridized carbons (Fsp3) is 0.722. The Bertz CT molecular complexity index is 617. The summed E-state index contributed by atoms with van der Waals surface area (Å²) < 4.78 is 5.48. The quantitative estimate of drug-likeness (QED) is 0.867. The van der Waals surface area contributed by atoms with E-state index in [1.807, 2.05) is 11.8 Å². The lowest BCUT2D eigenvalue weighted by molar-refractivity contribution is -0.143. The number of carbonyl (C=O) groups is 2. The summed E-state index contributed by atoms with van der Waals surface area (Å²) in [6.45, 7) is 6.62. The molecule has 1 N–H and O–H groups in total. The van der Waals surface area contributed by atoms with Crippen LogP contribution >= 0.6 is 11.3 Å². The Morgan fingerprint density at radius 3 is 2.72 bits per heavy atom. The molecule has 6 nitrogen and oxygen atoms in total. The highest BCUT2D eigenvalue weighted by Crippen LogP contribution is 2.22. The molecule has 1 aromatic heterocycles. The number of ether oxygens (including phenoxy) is 1. The largest absolute Gasteiger partial charge is 0.368 e. The average molecular weight is 365 g/mol. The van der Waals surface area contributed by atoms with Crippen molar-refractivity contribution in [2.45, 2.75) is 58.6 Å². The van der Waals surface area contributed by atoms with Crippen LogP contribution in [-0.2, 0) is 27.3 Å². The number of nitrogens with zero attached hydrogens (tertiary/aromatic N) is 2. The van der Waals surface area contributed by atoms with Crippen LogP contribution in [-0.4, -0.2) is 47.5 Å². The van der Waals surface area contributed by atoms with Crippen molar-refractivity contribution in [3.8, 4) is 0 Å². The molecule has 0 unspecified atom stereocenters. The van der Waals surface area contributed by atoms with Crippen molar-refractivity contribution >= 4 is 23.2 Å². The van der Waals surface area contributed by atoms with Crippen LogP contribution in [0.4, 0.5) is 0 Å². The normalized spacial score (nSPS) is 21.5. The van der Waals surface area contributed by atoms with Crippen LogP contribution < -0.4 is 5.32 Å². The molecular formula is C18H27N3O3S. The molecule has 0 aliphatic carbocycles. The molecule has 2 amide bonds. The first-order valence-electron chi connectivity index (χ1n) is 9.21. The number of aromatic nitrogens is 1. The standard InChI is InChI=1S/C18H27N3O3S/c1-3-14-16(25-12(2)20-14)11-19-17(22)13-6-8-21(9-7-13)18(23)15-5-4-10-24-15/h13,15H,3-11H2,1-2H3,(H,19,22)/t15-/m0/s1. The van der Waals surface area contributed by atoms with Crippen LogP contribution in [0.1, 0.15) is 48.2 Å². The van der Waals surface area contributed by atoms with Gasteiger partial charge >= 0.3 is 0 Å². The molecule has 0 saturated carbocycles. The fourth-order valence-electron chi connectivity index (χ4n) is 3.58. The number of hydrogen-bond acceptors (Lipinski definition) is 5. The Morgan fingerprint density at radius 2 is 2.08 bits per heavy atom. The van der Waals surface area contributed by atoms with Crippen molar-refractivity contribution in [1.29, 1.82) is 0 Å². The molecule has 0 bridgehead atoms. The van der Waals surface area contributed by atoms with Crippen molar-refractivity contribution < 1.29 is 14.3 Å². The van der Waals surface area contributed by atoms with E-state index in [-0.39, 0.29) is 23.8 Å². The molecule has 138 valence electrons. The van der Waals surface area contributed by atoms with Gasteiger partial charge in [-0.2, -0.15) is 0 Å². The third-order valence-corrected chi connectivity index (χ3v) is 6.04. The van der Waals surface area contributed by atoms with Crippen LogP contribution in [0.2, 0.25) is 0 Å². The Balaban J connectivity index is 1.45. The van der Waals surface area contributed by atoms with E-state index in [1.54, 1.807) is 11.3 Å². The lowest BCUT2D eigenvalue weighted by Crippen LogP contribution is -2.46. The van der Waals surface area contributed by atoms with Gasteiger partial charge in [0.05, 0.1) is 17.2 Å².